The number of carbonyl (C=O) groups is 1. The Bertz CT molecular complexity index is 422. The lowest BCUT2D eigenvalue weighted by Crippen LogP contribution is -2.15. The standard InChI is InChI=1S/C13H18O5S/c1-5-18-13(15)11(14)8-6-9(16-2)12(17-3)10(7-8)19-4/h6-7,11,14H,5H2,1-4H3. The van der Waals surface area contributed by atoms with Gasteiger partial charge in [0.2, 0.25) is 0 Å². The van der Waals surface area contributed by atoms with Crippen LogP contribution in [0.4, 0.5) is 0 Å². The highest BCUT2D eigenvalue weighted by Gasteiger charge is 2.22. The van der Waals surface area contributed by atoms with E-state index in [0.29, 0.717) is 17.1 Å². The Morgan fingerprint density at radius 3 is 2.53 bits per heavy atom. The number of ether oxygens (including phenoxy) is 3. The summed E-state index contributed by atoms with van der Waals surface area (Å²) in [5, 5.41) is 9.94. The molecule has 1 N–H and O–H groups in total. The highest BCUT2D eigenvalue weighted by Crippen LogP contribution is 2.39. The molecule has 5 nitrogen and oxygen atoms in total. The van der Waals surface area contributed by atoms with Gasteiger partial charge in [-0.25, -0.2) is 4.79 Å². The molecule has 1 rings (SSSR count). The Hall–Kier alpha value is -1.40. The molecular formula is C13H18O5S. The predicted octanol–water partition coefficient (Wildman–Crippen LogP) is 2.02. The summed E-state index contributed by atoms with van der Waals surface area (Å²) < 4.78 is 15.3. The zero-order valence-corrected chi connectivity index (χ0v) is 12.2. The normalized spacial score (nSPS) is 11.8. The van der Waals surface area contributed by atoms with Gasteiger partial charge in [0.15, 0.2) is 17.6 Å². The second kappa shape index (κ2) is 7.25. The summed E-state index contributed by atoms with van der Waals surface area (Å²) in [7, 11) is 3.04. The topological polar surface area (TPSA) is 65.0 Å². The number of aliphatic hydroxyl groups excluding tert-OH is 1. The van der Waals surface area contributed by atoms with Crippen LogP contribution in [0.5, 0.6) is 11.5 Å². The van der Waals surface area contributed by atoms with Crippen molar-refractivity contribution in [2.75, 3.05) is 27.1 Å². The van der Waals surface area contributed by atoms with Crippen molar-refractivity contribution in [2.24, 2.45) is 0 Å². The third-order valence-electron chi connectivity index (χ3n) is 2.51. The monoisotopic (exact) mass is 286 g/mol. The minimum atomic E-state index is -1.33. The molecule has 0 saturated heterocycles. The summed E-state index contributed by atoms with van der Waals surface area (Å²) in [6, 6.07) is 3.26. The summed E-state index contributed by atoms with van der Waals surface area (Å²) in [4.78, 5) is 12.3. The molecule has 106 valence electrons. The molecule has 6 heteroatoms. The molecule has 0 radical (unpaired) electrons. The van der Waals surface area contributed by atoms with Crippen LogP contribution in [0, 0.1) is 0 Å². The van der Waals surface area contributed by atoms with Crippen LogP contribution < -0.4 is 9.47 Å². The molecule has 0 aliphatic heterocycles. The van der Waals surface area contributed by atoms with E-state index in [1.165, 1.54) is 18.9 Å². The number of aliphatic hydroxyl groups is 1. The number of rotatable bonds is 6. The summed E-state index contributed by atoms with van der Waals surface area (Å²) in [6.07, 6.45) is 0.545. The van der Waals surface area contributed by atoms with Crippen LogP contribution in [0.3, 0.4) is 0 Å². The summed E-state index contributed by atoms with van der Waals surface area (Å²) in [5.74, 6) is 0.365. The minimum Gasteiger partial charge on any atom is -0.493 e. The Labute approximate surface area is 116 Å². The molecule has 19 heavy (non-hydrogen) atoms. The highest BCUT2D eigenvalue weighted by molar-refractivity contribution is 7.98. The summed E-state index contributed by atoms with van der Waals surface area (Å²) in [6.45, 7) is 1.91. The average molecular weight is 286 g/mol. The predicted molar refractivity (Wildman–Crippen MR) is 72.9 cm³/mol. The first-order chi connectivity index (χ1) is 9.08. The summed E-state index contributed by atoms with van der Waals surface area (Å²) >= 11 is 1.44. The minimum absolute atomic E-state index is 0.221. The molecule has 0 fully saturated rings. The third kappa shape index (κ3) is 3.54. The SMILES string of the molecule is CCOC(=O)C(O)c1cc(OC)c(OC)c(SC)c1. The largest absolute Gasteiger partial charge is 0.493 e. The quantitative estimate of drug-likeness (QED) is 0.637. The molecule has 0 bridgehead atoms. The summed E-state index contributed by atoms with van der Waals surface area (Å²) in [5.41, 5.74) is 0.417. The van der Waals surface area contributed by atoms with Gasteiger partial charge in [-0.2, -0.15) is 0 Å². The van der Waals surface area contributed by atoms with E-state index in [1.54, 1.807) is 26.2 Å². The second-order valence-corrected chi connectivity index (χ2v) is 4.46. The zero-order valence-electron chi connectivity index (χ0n) is 11.4. The fourth-order valence-corrected chi connectivity index (χ4v) is 2.24. The van der Waals surface area contributed by atoms with Gasteiger partial charge in [0.25, 0.3) is 0 Å². The number of hydrogen-bond donors (Lipinski definition) is 1. The fourth-order valence-electron chi connectivity index (χ4n) is 1.62. The van der Waals surface area contributed by atoms with Gasteiger partial charge in [-0.1, -0.05) is 0 Å². The zero-order chi connectivity index (χ0) is 14.4. The van der Waals surface area contributed by atoms with E-state index in [1.807, 2.05) is 6.26 Å². The molecule has 0 spiro atoms. The maximum atomic E-state index is 11.5. The molecule has 0 saturated carbocycles. The molecule has 1 atom stereocenters. The number of esters is 1. The Kier molecular flexibility index (Phi) is 5.98. The van der Waals surface area contributed by atoms with E-state index in [2.05, 4.69) is 0 Å². The molecule has 1 aromatic carbocycles. The van der Waals surface area contributed by atoms with Crippen LogP contribution in [0.15, 0.2) is 17.0 Å². The van der Waals surface area contributed by atoms with Crippen molar-refractivity contribution >= 4 is 17.7 Å². The van der Waals surface area contributed by atoms with Crippen molar-refractivity contribution in [3.05, 3.63) is 17.7 Å². The number of carbonyl (C=O) groups excluding carboxylic acids is 1. The number of methoxy groups -OCH3 is 2. The fraction of sp³-hybridized carbons (Fsp3) is 0.462. The van der Waals surface area contributed by atoms with Crippen molar-refractivity contribution in [1.82, 2.24) is 0 Å². The van der Waals surface area contributed by atoms with Gasteiger partial charge in [0, 0.05) is 0 Å². The first kappa shape index (κ1) is 15.7. The van der Waals surface area contributed by atoms with Gasteiger partial charge in [0.1, 0.15) is 0 Å². The second-order valence-electron chi connectivity index (χ2n) is 3.61. The maximum absolute atomic E-state index is 11.5. The lowest BCUT2D eigenvalue weighted by atomic mass is 10.1. The van der Waals surface area contributed by atoms with Gasteiger partial charge in [-0.05, 0) is 30.9 Å². The number of benzene rings is 1. The van der Waals surface area contributed by atoms with E-state index < -0.39 is 12.1 Å². The van der Waals surface area contributed by atoms with Crippen molar-refractivity contribution in [1.29, 1.82) is 0 Å². The lowest BCUT2D eigenvalue weighted by Gasteiger charge is -2.16. The molecule has 0 aliphatic carbocycles. The smallest absolute Gasteiger partial charge is 0.339 e. The van der Waals surface area contributed by atoms with Crippen LogP contribution in [-0.4, -0.2) is 38.2 Å². The molecule has 1 unspecified atom stereocenters. The highest BCUT2D eigenvalue weighted by atomic mass is 32.2. The van der Waals surface area contributed by atoms with E-state index in [4.69, 9.17) is 14.2 Å². The molecule has 0 aliphatic rings. The van der Waals surface area contributed by atoms with Crippen LogP contribution in [-0.2, 0) is 9.53 Å². The third-order valence-corrected chi connectivity index (χ3v) is 3.26. The van der Waals surface area contributed by atoms with Crippen molar-refractivity contribution in [3.63, 3.8) is 0 Å². The molecule has 0 amide bonds. The van der Waals surface area contributed by atoms with Crippen LogP contribution in [0.2, 0.25) is 0 Å². The van der Waals surface area contributed by atoms with E-state index in [9.17, 15) is 9.90 Å². The van der Waals surface area contributed by atoms with Gasteiger partial charge >= 0.3 is 5.97 Å². The van der Waals surface area contributed by atoms with Gasteiger partial charge in [-0.15, -0.1) is 11.8 Å². The van der Waals surface area contributed by atoms with Crippen molar-refractivity contribution < 1.29 is 24.1 Å². The van der Waals surface area contributed by atoms with Crippen LogP contribution in [0.1, 0.15) is 18.6 Å². The number of hydrogen-bond acceptors (Lipinski definition) is 6. The van der Waals surface area contributed by atoms with Crippen molar-refractivity contribution in [2.45, 2.75) is 17.9 Å². The van der Waals surface area contributed by atoms with Crippen LogP contribution >= 0.6 is 11.8 Å². The molecule has 0 heterocycles. The Morgan fingerprint density at radius 2 is 2.05 bits per heavy atom. The van der Waals surface area contributed by atoms with E-state index >= 15 is 0 Å². The first-order valence-corrected chi connectivity index (χ1v) is 6.96. The molecule has 0 aromatic heterocycles. The van der Waals surface area contributed by atoms with E-state index in [0.717, 1.165) is 4.90 Å². The first-order valence-electron chi connectivity index (χ1n) is 5.73. The average Bonchev–Trinajstić information content (AvgIpc) is 2.44. The number of thioether (sulfide) groups is 1. The maximum Gasteiger partial charge on any atom is 0.339 e. The van der Waals surface area contributed by atoms with Gasteiger partial charge < -0.3 is 19.3 Å². The van der Waals surface area contributed by atoms with Crippen molar-refractivity contribution in [3.8, 4) is 11.5 Å². The van der Waals surface area contributed by atoms with Gasteiger partial charge in [0.05, 0.1) is 25.7 Å². The Balaban J connectivity index is 3.18. The molecule has 1 aromatic rings. The van der Waals surface area contributed by atoms with E-state index in [-0.39, 0.29) is 6.61 Å². The Morgan fingerprint density at radius 1 is 1.37 bits per heavy atom. The molecular weight excluding hydrogens is 268 g/mol. The van der Waals surface area contributed by atoms with Gasteiger partial charge in [-0.3, -0.25) is 0 Å². The lowest BCUT2D eigenvalue weighted by molar-refractivity contribution is -0.153. The van der Waals surface area contributed by atoms with Crippen LogP contribution in [0.25, 0.3) is 0 Å².